The number of nitrogens with zero attached hydrogens (tertiary/aromatic N) is 3. The van der Waals surface area contributed by atoms with Gasteiger partial charge < -0.3 is 11.6 Å². The largest absolute Gasteiger partial charge is 0.383 e. The van der Waals surface area contributed by atoms with Crippen molar-refractivity contribution in [2.75, 3.05) is 11.6 Å². The normalized spacial score (nSPS) is 8.77. The predicted octanol–water partition coefficient (Wildman–Crippen LogP) is -1.11. The Kier molecular flexibility index (Phi) is 1.91. The van der Waals surface area contributed by atoms with Gasteiger partial charge in [-0.15, -0.1) is 0 Å². The average Bonchev–Trinajstić information content (AvgIpc) is 2.15. The lowest BCUT2D eigenvalue weighted by atomic mass is 10.2. The summed E-state index contributed by atoms with van der Waals surface area (Å²) in [4.78, 5) is 11.1. The molecule has 0 aliphatic rings. The molecule has 0 aromatic carbocycles. The summed E-state index contributed by atoms with van der Waals surface area (Å²) in [6.45, 7) is 0. The maximum absolute atomic E-state index is 11.1. The number of anilines is 1. The van der Waals surface area contributed by atoms with Crippen molar-refractivity contribution >= 4 is 5.82 Å². The van der Waals surface area contributed by atoms with Crippen LogP contribution in [0.25, 0.3) is 0 Å². The Hall–Kier alpha value is -2.47. The molecule has 0 radical (unpaired) electrons. The van der Waals surface area contributed by atoms with Crippen LogP contribution >= 0.6 is 0 Å². The Morgan fingerprint density at radius 2 is 1.85 bits per heavy atom. The summed E-state index contributed by atoms with van der Waals surface area (Å²) in [5.41, 5.74) is 4.43. The number of hydrogen-bond acceptors (Lipinski definition) is 5. The lowest BCUT2D eigenvalue weighted by Crippen LogP contribution is -2.31. The van der Waals surface area contributed by atoms with Gasteiger partial charge in [-0.25, -0.2) is 4.68 Å². The van der Waals surface area contributed by atoms with Gasteiger partial charge in [-0.2, -0.15) is 10.5 Å². The number of aromatic nitrogens is 1. The van der Waals surface area contributed by atoms with Crippen molar-refractivity contribution in [3.05, 3.63) is 27.5 Å². The van der Waals surface area contributed by atoms with Crippen LogP contribution in [0.15, 0.2) is 10.9 Å². The summed E-state index contributed by atoms with van der Waals surface area (Å²) in [5, 5.41) is 17.0. The van der Waals surface area contributed by atoms with Crippen LogP contribution in [0.5, 0.6) is 0 Å². The van der Waals surface area contributed by atoms with Crippen molar-refractivity contribution < 1.29 is 0 Å². The van der Waals surface area contributed by atoms with E-state index in [-0.39, 0.29) is 16.9 Å². The van der Waals surface area contributed by atoms with Gasteiger partial charge in [0.1, 0.15) is 23.5 Å². The third-order valence-corrected chi connectivity index (χ3v) is 1.51. The molecule has 1 heterocycles. The van der Waals surface area contributed by atoms with Gasteiger partial charge in [0.15, 0.2) is 0 Å². The summed E-state index contributed by atoms with van der Waals surface area (Å²) in [7, 11) is 0. The molecule has 0 atom stereocenters. The molecule has 1 aromatic heterocycles. The van der Waals surface area contributed by atoms with E-state index in [4.69, 9.17) is 22.1 Å². The van der Waals surface area contributed by atoms with E-state index in [0.717, 1.165) is 6.07 Å². The maximum Gasteiger partial charge on any atom is 0.288 e. The molecule has 0 spiro atoms. The molecule has 0 bridgehead atoms. The standard InChI is InChI=1S/C7H5N5O/c8-2-4-1-5(3-9)7(13)12(11)6(4)10/h1H,10-11H2. The van der Waals surface area contributed by atoms with Crippen molar-refractivity contribution in [1.29, 1.82) is 10.5 Å². The minimum atomic E-state index is -0.709. The molecule has 0 saturated carbocycles. The van der Waals surface area contributed by atoms with Gasteiger partial charge in [-0.3, -0.25) is 4.79 Å². The zero-order valence-electron chi connectivity index (χ0n) is 6.48. The number of nitriles is 2. The van der Waals surface area contributed by atoms with Gasteiger partial charge in [0.05, 0.1) is 5.56 Å². The lowest BCUT2D eigenvalue weighted by Gasteiger charge is -2.03. The zero-order chi connectivity index (χ0) is 10.0. The molecule has 0 aliphatic heterocycles. The van der Waals surface area contributed by atoms with Crippen molar-refractivity contribution in [2.45, 2.75) is 0 Å². The van der Waals surface area contributed by atoms with Crippen molar-refractivity contribution in [3.8, 4) is 12.1 Å². The molecule has 1 rings (SSSR count). The summed E-state index contributed by atoms with van der Waals surface area (Å²) in [5.74, 6) is 5.06. The Bertz CT molecular complexity index is 487. The molecule has 0 aliphatic carbocycles. The van der Waals surface area contributed by atoms with Gasteiger partial charge in [-0.1, -0.05) is 0 Å². The molecule has 6 nitrogen and oxygen atoms in total. The van der Waals surface area contributed by atoms with Crippen molar-refractivity contribution in [1.82, 2.24) is 4.68 Å². The monoisotopic (exact) mass is 175 g/mol. The highest BCUT2D eigenvalue weighted by molar-refractivity contribution is 5.52. The van der Waals surface area contributed by atoms with Crippen LogP contribution in [0.1, 0.15) is 11.1 Å². The van der Waals surface area contributed by atoms with E-state index in [2.05, 4.69) is 0 Å². The van der Waals surface area contributed by atoms with Crippen LogP contribution in [0.3, 0.4) is 0 Å². The van der Waals surface area contributed by atoms with E-state index in [1.165, 1.54) is 0 Å². The SMILES string of the molecule is N#Cc1cc(C#N)c(=O)n(N)c1N. The fraction of sp³-hybridized carbons (Fsp3) is 0. The molecule has 1 aromatic rings. The topological polar surface area (TPSA) is 122 Å². The summed E-state index contributed by atoms with van der Waals surface area (Å²) >= 11 is 0. The summed E-state index contributed by atoms with van der Waals surface area (Å²) < 4.78 is 0.580. The molecule has 64 valence electrons. The highest BCUT2D eigenvalue weighted by Gasteiger charge is 2.09. The summed E-state index contributed by atoms with van der Waals surface area (Å²) in [6, 6.07) is 4.45. The molecule has 0 amide bonds. The smallest absolute Gasteiger partial charge is 0.288 e. The Morgan fingerprint density at radius 1 is 1.31 bits per heavy atom. The van der Waals surface area contributed by atoms with E-state index in [1.807, 2.05) is 0 Å². The predicted molar refractivity (Wildman–Crippen MR) is 44.7 cm³/mol. The van der Waals surface area contributed by atoms with Gasteiger partial charge in [0, 0.05) is 0 Å². The molecule has 0 unspecified atom stereocenters. The first kappa shape index (κ1) is 8.62. The molecule has 0 fully saturated rings. The molecule has 6 heteroatoms. The van der Waals surface area contributed by atoms with Gasteiger partial charge in [0.2, 0.25) is 0 Å². The maximum atomic E-state index is 11.1. The van der Waals surface area contributed by atoms with E-state index in [9.17, 15) is 4.79 Å². The van der Waals surface area contributed by atoms with Crippen LogP contribution in [0.4, 0.5) is 5.82 Å². The van der Waals surface area contributed by atoms with Crippen molar-refractivity contribution in [3.63, 3.8) is 0 Å². The minimum Gasteiger partial charge on any atom is -0.383 e. The van der Waals surface area contributed by atoms with E-state index in [1.54, 1.807) is 12.1 Å². The highest BCUT2D eigenvalue weighted by atomic mass is 16.1. The average molecular weight is 175 g/mol. The van der Waals surface area contributed by atoms with Gasteiger partial charge in [0.25, 0.3) is 5.56 Å². The van der Waals surface area contributed by atoms with Gasteiger partial charge >= 0.3 is 0 Å². The summed E-state index contributed by atoms with van der Waals surface area (Å²) in [6.07, 6.45) is 0. The van der Waals surface area contributed by atoms with Crippen molar-refractivity contribution in [2.24, 2.45) is 0 Å². The minimum absolute atomic E-state index is 0.0126. The number of rotatable bonds is 0. The van der Waals surface area contributed by atoms with Gasteiger partial charge in [-0.05, 0) is 6.07 Å². The fourth-order valence-corrected chi connectivity index (χ4v) is 0.819. The fourth-order valence-electron chi connectivity index (χ4n) is 0.819. The van der Waals surface area contributed by atoms with E-state index < -0.39 is 5.56 Å². The van der Waals surface area contributed by atoms with Crippen LogP contribution < -0.4 is 17.1 Å². The number of nitrogen functional groups attached to an aromatic ring is 2. The van der Waals surface area contributed by atoms with Crippen LogP contribution in [0.2, 0.25) is 0 Å². The molecule has 4 N–H and O–H groups in total. The number of pyridine rings is 1. The molecule has 13 heavy (non-hydrogen) atoms. The lowest BCUT2D eigenvalue weighted by molar-refractivity contribution is 0.941. The van der Waals surface area contributed by atoms with E-state index in [0.29, 0.717) is 4.68 Å². The first-order valence-corrected chi connectivity index (χ1v) is 3.22. The third-order valence-electron chi connectivity index (χ3n) is 1.51. The second kappa shape index (κ2) is 2.88. The van der Waals surface area contributed by atoms with Crippen LogP contribution in [0, 0.1) is 22.7 Å². The zero-order valence-corrected chi connectivity index (χ0v) is 6.48. The Balaban J connectivity index is 3.70. The Labute approximate surface area is 73.2 Å². The van der Waals surface area contributed by atoms with E-state index >= 15 is 0 Å². The number of hydrogen-bond donors (Lipinski definition) is 2. The van der Waals surface area contributed by atoms with Crippen LogP contribution in [-0.2, 0) is 0 Å². The van der Waals surface area contributed by atoms with Crippen LogP contribution in [-0.4, -0.2) is 4.68 Å². The quantitative estimate of drug-likeness (QED) is 0.484. The first-order valence-electron chi connectivity index (χ1n) is 3.22. The Morgan fingerprint density at radius 3 is 2.31 bits per heavy atom. The highest BCUT2D eigenvalue weighted by Crippen LogP contribution is 2.06. The molecular formula is C7H5N5O. The first-order chi connectivity index (χ1) is 6.11. The second-order valence-electron chi connectivity index (χ2n) is 2.26. The molecule has 0 saturated heterocycles. The molecular weight excluding hydrogens is 170 g/mol. The third kappa shape index (κ3) is 1.17. The number of nitrogens with two attached hydrogens (primary N) is 2. The second-order valence-corrected chi connectivity index (χ2v) is 2.26.